The summed E-state index contributed by atoms with van der Waals surface area (Å²) in [7, 11) is 2.06. The van der Waals surface area contributed by atoms with Crippen LogP contribution < -0.4 is 10.9 Å². The van der Waals surface area contributed by atoms with Gasteiger partial charge in [-0.15, -0.1) is 0 Å². The molecule has 116 valence electrons. The summed E-state index contributed by atoms with van der Waals surface area (Å²) in [5, 5.41) is 4.56. The fourth-order valence-corrected chi connectivity index (χ4v) is 3.02. The second kappa shape index (κ2) is 6.10. The van der Waals surface area contributed by atoms with Crippen molar-refractivity contribution in [3.63, 3.8) is 0 Å². The highest BCUT2D eigenvalue weighted by atomic mass is 35.5. The second-order valence-corrected chi connectivity index (χ2v) is 6.20. The van der Waals surface area contributed by atoms with Gasteiger partial charge in [-0.05, 0) is 56.6 Å². The van der Waals surface area contributed by atoms with Crippen LogP contribution in [0.4, 0.5) is 5.69 Å². The SMILES string of the molecule is CN1CCC(C(=O)Nc2cc3cc[nH]c(=O)c3cc2Cl)CC1. The van der Waals surface area contributed by atoms with Crippen LogP contribution in [0.1, 0.15) is 12.8 Å². The van der Waals surface area contributed by atoms with E-state index in [4.69, 9.17) is 11.6 Å². The Labute approximate surface area is 133 Å². The molecule has 1 aromatic heterocycles. The Morgan fingerprint density at radius 2 is 2.09 bits per heavy atom. The lowest BCUT2D eigenvalue weighted by molar-refractivity contribution is -0.121. The van der Waals surface area contributed by atoms with Crippen LogP contribution in [0, 0.1) is 5.92 Å². The molecule has 2 aromatic rings. The maximum Gasteiger partial charge on any atom is 0.255 e. The highest BCUT2D eigenvalue weighted by Gasteiger charge is 2.23. The highest BCUT2D eigenvalue weighted by molar-refractivity contribution is 6.34. The van der Waals surface area contributed by atoms with Crippen molar-refractivity contribution in [1.29, 1.82) is 0 Å². The van der Waals surface area contributed by atoms with Gasteiger partial charge in [0.2, 0.25) is 5.91 Å². The van der Waals surface area contributed by atoms with E-state index in [1.165, 1.54) is 0 Å². The van der Waals surface area contributed by atoms with Gasteiger partial charge in [-0.2, -0.15) is 0 Å². The molecular weight excluding hydrogens is 302 g/mol. The Morgan fingerprint density at radius 1 is 1.36 bits per heavy atom. The summed E-state index contributed by atoms with van der Waals surface area (Å²) in [4.78, 5) is 28.9. The molecule has 6 heteroatoms. The molecule has 2 N–H and O–H groups in total. The molecule has 1 aromatic carbocycles. The molecule has 0 radical (unpaired) electrons. The minimum atomic E-state index is -0.187. The summed E-state index contributed by atoms with van der Waals surface area (Å²) in [6.45, 7) is 1.86. The summed E-state index contributed by atoms with van der Waals surface area (Å²) in [5.74, 6) is 0.0151. The lowest BCUT2D eigenvalue weighted by Crippen LogP contribution is -2.35. The summed E-state index contributed by atoms with van der Waals surface area (Å²) in [6.07, 6.45) is 3.29. The minimum absolute atomic E-state index is 0.000749. The number of carbonyl (C=O) groups excluding carboxylic acids is 1. The quantitative estimate of drug-likeness (QED) is 0.893. The molecule has 0 saturated carbocycles. The number of likely N-dealkylation sites (tertiary alicyclic amines) is 1. The molecule has 1 fully saturated rings. The number of H-pyrrole nitrogens is 1. The van der Waals surface area contributed by atoms with Crippen LogP contribution in [-0.4, -0.2) is 35.9 Å². The van der Waals surface area contributed by atoms with Crippen molar-refractivity contribution in [2.24, 2.45) is 5.92 Å². The number of fused-ring (bicyclic) bond motifs is 1. The van der Waals surface area contributed by atoms with Crippen LogP contribution in [0.3, 0.4) is 0 Å². The molecule has 1 saturated heterocycles. The summed E-state index contributed by atoms with van der Waals surface area (Å²) >= 11 is 6.21. The third kappa shape index (κ3) is 3.00. The number of piperidine rings is 1. The molecule has 0 spiro atoms. The number of amides is 1. The average molecular weight is 320 g/mol. The van der Waals surface area contributed by atoms with E-state index in [1.807, 2.05) is 0 Å². The Bertz CT molecular complexity index is 764. The number of benzene rings is 1. The van der Waals surface area contributed by atoms with Crippen LogP contribution in [-0.2, 0) is 4.79 Å². The van der Waals surface area contributed by atoms with Gasteiger partial charge in [0, 0.05) is 17.5 Å². The zero-order valence-electron chi connectivity index (χ0n) is 12.4. The molecule has 0 unspecified atom stereocenters. The first kappa shape index (κ1) is 15.1. The van der Waals surface area contributed by atoms with Crippen molar-refractivity contribution in [1.82, 2.24) is 9.88 Å². The monoisotopic (exact) mass is 319 g/mol. The van der Waals surface area contributed by atoms with Gasteiger partial charge in [-0.25, -0.2) is 0 Å². The Hall–Kier alpha value is -1.85. The number of hydrogen-bond acceptors (Lipinski definition) is 3. The molecule has 0 aliphatic carbocycles. The van der Waals surface area contributed by atoms with E-state index in [-0.39, 0.29) is 17.4 Å². The van der Waals surface area contributed by atoms with E-state index in [2.05, 4.69) is 22.2 Å². The number of carbonyl (C=O) groups is 1. The largest absolute Gasteiger partial charge is 0.329 e. The van der Waals surface area contributed by atoms with Crippen molar-refractivity contribution in [3.05, 3.63) is 39.8 Å². The summed E-state index contributed by atoms with van der Waals surface area (Å²) < 4.78 is 0. The van der Waals surface area contributed by atoms with Crippen molar-refractivity contribution < 1.29 is 4.79 Å². The minimum Gasteiger partial charge on any atom is -0.329 e. The predicted octanol–water partition coefficient (Wildman–Crippen LogP) is 2.46. The first-order chi connectivity index (χ1) is 10.5. The number of pyridine rings is 1. The van der Waals surface area contributed by atoms with Gasteiger partial charge in [0.15, 0.2) is 0 Å². The molecule has 5 nitrogen and oxygen atoms in total. The van der Waals surface area contributed by atoms with Gasteiger partial charge < -0.3 is 15.2 Å². The van der Waals surface area contributed by atoms with E-state index < -0.39 is 0 Å². The first-order valence-corrected chi connectivity index (χ1v) is 7.73. The normalized spacial score (nSPS) is 16.8. The van der Waals surface area contributed by atoms with Crippen LogP contribution in [0.2, 0.25) is 5.02 Å². The molecule has 1 aliphatic rings. The first-order valence-electron chi connectivity index (χ1n) is 7.35. The topological polar surface area (TPSA) is 65.2 Å². The van der Waals surface area contributed by atoms with Gasteiger partial charge in [-0.1, -0.05) is 11.6 Å². The number of nitrogens with one attached hydrogen (secondary N) is 2. The molecule has 2 heterocycles. The van der Waals surface area contributed by atoms with E-state index in [9.17, 15) is 9.59 Å². The Balaban J connectivity index is 1.83. The van der Waals surface area contributed by atoms with E-state index in [0.29, 0.717) is 16.1 Å². The van der Waals surface area contributed by atoms with E-state index >= 15 is 0 Å². The molecule has 22 heavy (non-hydrogen) atoms. The lowest BCUT2D eigenvalue weighted by atomic mass is 9.96. The fourth-order valence-electron chi connectivity index (χ4n) is 2.81. The van der Waals surface area contributed by atoms with Crippen LogP contribution >= 0.6 is 11.6 Å². The Kier molecular flexibility index (Phi) is 4.18. The fraction of sp³-hybridized carbons (Fsp3) is 0.375. The number of aromatic amines is 1. The number of nitrogens with zero attached hydrogens (tertiary/aromatic N) is 1. The number of anilines is 1. The third-order valence-electron chi connectivity index (χ3n) is 4.21. The van der Waals surface area contributed by atoms with Crippen LogP contribution in [0.25, 0.3) is 10.8 Å². The average Bonchev–Trinajstić information content (AvgIpc) is 2.50. The van der Waals surface area contributed by atoms with Gasteiger partial charge in [0.05, 0.1) is 10.7 Å². The number of hydrogen-bond donors (Lipinski definition) is 2. The third-order valence-corrected chi connectivity index (χ3v) is 4.52. The number of aromatic nitrogens is 1. The predicted molar refractivity (Wildman–Crippen MR) is 88.4 cm³/mol. The van der Waals surface area contributed by atoms with Crippen molar-refractivity contribution in [2.45, 2.75) is 12.8 Å². The van der Waals surface area contributed by atoms with Gasteiger partial charge in [0.25, 0.3) is 5.56 Å². The molecule has 1 amide bonds. The summed E-state index contributed by atoms with van der Waals surface area (Å²) in [6, 6.07) is 5.14. The van der Waals surface area contributed by atoms with Crippen molar-refractivity contribution in [2.75, 3.05) is 25.5 Å². The smallest absolute Gasteiger partial charge is 0.255 e. The second-order valence-electron chi connectivity index (χ2n) is 5.79. The maximum absolute atomic E-state index is 12.4. The standard InChI is InChI=1S/C16H18ClN3O2/c1-20-6-3-10(4-7-20)15(21)19-14-8-11-2-5-18-16(22)12(11)9-13(14)17/h2,5,8-10H,3-4,6-7H2,1H3,(H,18,22)(H,19,21). The van der Waals surface area contributed by atoms with E-state index in [1.54, 1.807) is 24.4 Å². The maximum atomic E-state index is 12.4. The summed E-state index contributed by atoms with van der Waals surface area (Å²) in [5.41, 5.74) is 0.372. The number of rotatable bonds is 2. The van der Waals surface area contributed by atoms with Crippen LogP contribution in [0.15, 0.2) is 29.2 Å². The van der Waals surface area contributed by atoms with Gasteiger partial charge in [0.1, 0.15) is 0 Å². The van der Waals surface area contributed by atoms with Crippen LogP contribution in [0.5, 0.6) is 0 Å². The molecule has 0 bridgehead atoms. The van der Waals surface area contributed by atoms with Crippen molar-refractivity contribution in [3.8, 4) is 0 Å². The number of halogens is 1. The molecule has 3 rings (SSSR count). The van der Waals surface area contributed by atoms with Gasteiger partial charge in [-0.3, -0.25) is 9.59 Å². The Morgan fingerprint density at radius 3 is 2.82 bits per heavy atom. The lowest BCUT2D eigenvalue weighted by Gasteiger charge is -2.28. The van der Waals surface area contributed by atoms with Gasteiger partial charge >= 0.3 is 0 Å². The zero-order chi connectivity index (χ0) is 15.7. The highest BCUT2D eigenvalue weighted by Crippen LogP contribution is 2.28. The molecule has 0 atom stereocenters. The van der Waals surface area contributed by atoms with Crippen molar-refractivity contribution >= 4 is 34.0 Å². The molecule has 1 aliphatic heterocycles. The molecular formula is C16H18ClN3O2. The van der Waals surface area contributed by atoms with E-state index in [0.717, 1.165) is 31.3 Å². The zero-order valence-corrected chi connectivity index (χ0v) is 13.1.